The zero-order chi connectivity index (χ0) is 10.3. The highest BCUT2D eigenvalue weighted by atomic mass is 16.4. The zero-order valence-corrected chi connectivity index (χ0v) is 7.82. The minimum Gasteiger partial charge on any atom is -0.481 e. The van der Waals surface area contributed by atoms with Crippen LogP contribution in [0.1, 0.15) is 39.0 Å². The van der Waals surface area contributed by atoms with E-state index < -0.39 is 17.9 Å². The highest BCUT2D eigenvalue weighted by Gasteiger charge is 2.17. The summed E-state index contributed by atoms with van der Waals surface area (Å²) >= 11 is 0. The number of carboxylic acids is 2. The van der Waals surface area contributed by atoms with Crippen molar-refractivity contribution in [3.63, 3.8) is 0 Å². The Kier molecular flexibility index (Phi) is 5.93. The summed E-state index contributed by atoms with van der Waals surface area (Å²) in [4.78, 5) is 20.8. The average molecular weight is 188 g/mol. The van der Waals surface area contributed by atoms with Crippen molar-refractivity contribution in [1.82, 2.24) is 0 Å². The van der Waals surface area contributed by atoms with E-state index in [1.807, 2.05) is 6.92 Å². The molecule has 0 aromatic heterocycles. The molecule has 13 heavy (non-hydrogen) atoms. The molecular formula is C9H16O4. The summed E-state index contributed by atoms with van der Waals surface area (Å²) in [5.74, 6) is -2.30. The molecule has 2 N–H and O–H groups in total. The molecule has 0 aliphatic carbocycles. The van der Waals surface area contributed by atoms with E-state index in [1.54, 1.807) is 0 Å². The van der Waals surface area contributed by atoms with Crippen LogP contribution in [0.3, 0.4) is 0 Å². The molecule has 0 aromatic carbocycles. The second-order valence-electron chi connectivity index (χ2n) is 3.11. The number of hydrogen-bond donors (Lipinski definition) is 2. The molecule has 0 fully saturated rings. The molecule has 0 aliphatic rings. The highest BCUT2D eigenvalue weighted by molar-refractivity contribution is 5.72. The van der Waals surface area contributed by atoms with Crippen LogP contribution in [-0.2, 0) is 9.59 Å². The third kappa shape index (κ3) is 6.13. The van der Waals surface area contributed by atoms with Gasteiger partial charge in [0.05, 0.1) is 5.92 Å². The number of carbonyl (C=O) groups is 2. The molecule has 76 valence electrons. The molecule has 4 heteroatoms. The summed E-state index contributed by atoms with van der Waals surface area (Å²) in [5, 5.41) is 17.1. The fourth-order valence-corrected chi connectivity index (χ4v) is 1.14. The van der Waals surface area contributed by atoms with Crippen molar-refractivity contribution in [1.29, 1.82) is 0 Å². The lowest BCUT2D eigenvalue weighted by atomic mass is 9.97. The van der Waals surface area contributed by atoms with E-state index >= 15 is 0 Å². The van der Waals surface area contributed by atoms with Gasteiger partial charge in [-0.15, -0.1) is 0 Å². The second-order valence-corrected chi connectivity index (χ2v) is 3.11. The first kappa shape index (κ1) is 11.9. The first-order valence-electron chi connectivity index (χ1n) is 4.52. The lowest BCUT2D eigenvalue weighted by Gasteiger charge is -2.09. The Bertz CT molecular complexity index is 176. The molecule has 0 saturated heterocycles. The van der Waals surface area contributed by atoms with Crippen LogP contribution in [0.2, 0.25) is 0 Å². The Balaban J connectivity index is 3.80. The van der Waals surface area contributed by atoms with E-state index in [1.165, 1.54) is 0 Å². The fourth-order valence-electron chi connectivity index (χ4n) is 1.14. The van der Waals surface area contributed by atoms with Gasteiger partial charge in [-0.25, -0.2) is 0 Å². The van der Waals surface area contributed by atoms with E-state index in [9.17, 15) is 9.59 Å². The normalized spacial score (nSPS) is 12.4. The first-order valence-corrected chi connectivity index (χ1v) is 4.52. The van der Waals surface area contributed by atoms with Crippen LogP contribution in [0.25, 0.3) is 0 Å². The van der Waals surface area contributed by atoms with Crippen molar-refractivity contribution in [3.8, 4) is 0 Å². The predicted octanol–water partition coefficient (Wildman–Crippen LogP) is 1.74. The topological polar surface area (TPSA) is 74.6 Å². The highest BCUT2D eigenvalue weighted by Crippen LogP contribution is 2.14. The Morgan fingerprint density at radius 3 is 2.23 bits per heavy atom. The number of hydrogen-bond acceptors (Lipinski definition) is 2. The van der Waals surface area contributed by atoms with Gasteiger partial charge in [0.15, 0.2) is 0 Å². The molecular weight excluding hydrogens is 172 g/mol. The van der Waals surface area contributed by atoms with Crippen LogP contribution in [0.5, 0.6) is 0 Å². The number of aliphatic carboxylic acids is 2. The minimum atomic E-state index is -0.928. The van der Waals surface area contributed by atoms with Crippen LogP contribution < -0.4 is 0 Å². The van der Waals surface area contributed by atoms with Gasteiger partial charge in [-0.1, -0.05) is 19.8 Å². The van der Waals surface area contributed by atoms with Crippen molar-refractivity contribution >= 4 is 11.9 Å². The summed E-state index contributed by atoms with van der Waals surface area (Å²) in [6.45, 7) is 1.98. The zero-order valence-electron chi connectivity index (χ0n) is 7.82. The van der Waals surface area contributed by atoms with Crippen LogP contribution in [0, 0.1) is 5.92 Å². The quantitative estimate of drug-likeness (QED) is 0.638. The second kappa shape index (κ2) is 6.46. The van der Waals surface area contributed by atoms with E-state index in [2.05, 4.69) is 0 Å². The van der Waals surface area contributed by atoms with E-state index in [0.717, 1.165) is 12.8 Å². The van der Waals surface area contributed by atoms with Crippen molar-refractivity contribution in [2.45, 2.75) is 39.0 Å². The molecule has 1 atom stereocenters. The van der Waals surface area contributed by atoms with E-state index in [-0.39, 0.29) is 12.8 Å². The fraction of sp³-hybridized carbons (Fsp3) is 0.778. The van der Waals surface area contributed by atoms with Crippen LogP contribution in [0.4, 0.5) is 0 Å². The molecule has 4 nitrogen and oxygen atoms in total. The lowest BCUT2D eigenvalue weighted by molar-refractivity contribution is -0.143. The standard InChI is InChI=1S/C9H16O4/c1-2-3-4-7(9(12)13)5-6-8(10)11/h7H,2-6H2,1H3,(H,10,11)(H,12,13). The van der Waals surface area contributed by atoms with Crippen molar-refractivity contribution < 1.29 is 19.8 Å². The molecule has 0 aromatic rings. The van der Waals surface area contributed by atoms with Gasteiger partial charge in [0.25, 0.3) is 0 Å². The third-order valence-corrected chi connectivity index (χ3v) is 1.96. The number of rotatable bonds is 7. The SMILES string of the molecule is CCCCC(CCC(=O)O)C(=O)O. The molecule has 0 amide bonds. The van der Waals surface area contributed by atoms with Gasteiger partial charge in [-0.3, -0.25) is 9.59 Å². The average Bonchev–Trinajstić information content (AvgIpc) is 2.03. The van der Waals surface area contributed by atoms with E-state index in [0.29, 0.717) is 6.42 Å². The van der Waals surface area contributed by atoms with Gasteiger partial charge >= 0.3 is 11.9 Å². The molecule has 0 radical (unpaired) electrons. The Morgan fingerprint density at radius 2 is 1.85 bits per heavy atom. The van der Waals surface area contributed by atoms with E-state index in [4.69, 9.17) is 10.2 Å². The molecule has 0 spiro atoms. The van der Waals surface area contributed by atoms with Gasteiger partial charge in [0, 0.05) is 6.42 Å². The van der Waals surface area contributed by atoms with Crippen LogP contribution in [-0.4, -0.2) is 22.2 Å². The van der Waals surface area contributed by atoms with Gasteiger partial charge in [-0.05, 0) is 12.8 Å². The van der Waals surface area contributed by atoms with Crippen LogP contribution in [0.15, 0.2) is 0 Å². The third-order valence-electron chi connectivity index (χ3n) is 1.96. The maximum atomic E-state index is 10.6. The number of unbranched alkanes of at least 4 members (excludes halogenated alkanes) is 1. The maximum Gasteiger partial charge on any atom is 0.306 e. The van der Waals surface area contributed by atoms with Crippen molar-refractivity contribution in [2.24, 2.45) is 5.92 Å². The molecule has 0 bridgehead atoms. The molecule has 0 aliphatic heterocycles. The molecule has 0 saturated carbocycles. The Labute approximate surface area is 77.6 Å². The van der Waals surface area contributed by atoms with Gasteiger partial charge < -0.3 is 10.2 Å². The summed E-state index contributed by atoms with van der Waals surface area (Å²) in [6, 6.07) is 0. The summed E-state index contributed by atoms with van der Waals surface area (Å²) in [7, 11) is 0. The lowest BCUT2D eigenvalue weighted by Crippen LogP contribution is -2.15. The number of carboxylic acid groups (broad SMARTS) is 2. The Morgan fingerprint density at radius 1 is 1.23 bits per heavy atom. The summed E-state index contributed by atoms with van der Waals surface area (Å²) < 4.78 is 0. The van der Waals surface area contributed by atoms with Crippen LogP contribution >= 0.6 is 0 Å². The Hall–Kier alpha value is -1.06. The predicted molar refractivity (Wildman–Crippen MR) is 47.5 cm³/mol. The van der Waals surface area contributed by atoms with Crippen molar-refractivity contribution in [2.75, 3.05) is 0 Å². The van der Waals surface area contributed by atoms with Crippen molar-refractivity contribution in [3.05, 3.63) is 0 Å². The summed E-state index contributed by atoms with van der Waals surface area (Å²) in [6.07, 6.45) is 2.55. The minimum absolute atomic E-state index is 0.0549. The van der Waals surface area contributed by atoms with Gasteiger partial charge in [0.1, 0.15) is 0 Å². The monoisotopic (exact) mass is 188 g/mol. The van der Waals surface area contributed by atoms with Gasteiger partial charge in [-0.2, -0.15) is 0 Å². The van der Waals surface area contributed by atoms with Gasteiger partial charge in [0.2, 0.25) is 0 Å². The maximum absolute atomic E-state index is 10.6. The summed E-state index contributed by atoms with van der Waals surface area (Å²) in [5.41, 5.74) is 0. The molecule has 1 unspecified atom stereocenters. The smallest absolute Gasteiger partial charge is 0.306 e. The first-order chi connectivity index (χ1) is 6.07. The molecule has 0 rings (SSSR count). The largest absolute Gasteiger partial charge is 0.481 e. The molecule has 0 heterocycles.